The Bertz CT molecular complexity index is 492. The Balaban J connectivity index is 1.84. The summed E-state index contributed by atoms with van der Waals surface area (Å²) in [6.45, 7) is 1.23. The standard InChI is InChI=1S/C15H22FN3O2/c16-13-5-4-11(17)10-14(13)18-15(21)6-7-19(8-9-20)12-2-1-3-12/h4-5,10,12,20H,1-3,6-9,17H2,(H,18,21). The minimum atomic E-state index is -0.497. The predicted octanol–water partition coefficient (Wildman–Crippen LogP) is 1.58. The lowest BCUT2D eigenvalue weighted by atomic mass is 9.91. The maximum absolute atomic E-state index is 13.5. The Kier molecular flexibility index (Phi) is 5.52. The molecule has 6 heteroatoms. The van der Waals surface area contributed by atoms with Gasteiger partial charge in [0, 0.05) is 31.2 Å². The molecule has 1 aliphatic carbocycles. The number of benzene rings is 1. The lowest BCUT2D eigenvalue weighted by Crippen LogP contribution is -2.43. The van der Waals surface area contributed by atoms with Crippen LogP contribution in [0.4, 0.5) is 15.8 Å². The summed E-state index contributed by atoms with van der Waals surface area (Å²) in [6, 6.07) is 4.56. The normalized spacial score (nSPS) is 15.0. The van der Waals surface area contributed by atoms with E-state index in [0.717, 1.165) is 12.8 Å². The van der Waals surface area contributed by atoms with Gasteiger partial charge in [-0.15, -0.1) is 0 Å². The summed E-state index contributed by atoms with van der Waals surface area (Å²) in [5.74, 6) is -0.745. The molecule has 0 unspecified atom stereocenters. The maximum Gasteiger partial charge on any atom is 0.225 e. The molecule has 0 bridgehead atoms. The van der Waals surface area contributed by atoms with E-state index in [9.17, 15) is 9.18 Å². The number of amides is 1. The van der Waals surface area contributed by atoms with E-state index < -0.39 is 5.82 Å². The number of anilines is 2. The number of hydrogen-bond donors (Lipinski definition) is 3. The Morgan fingerprint density at radius 1 is 1.43 bits per heavy atom. The molecule has 0 aliphatic heterocycles. The van der Waals surface area contributed by atoms with Crippen molar-refractivity contribution in [3.8, 4) is 0 Å². The van der Waals surface area contributed by atoms with E-state index in [2.05, 4.69) is 10.2 Å². The third-order valence-electron chi connectivity index (χ3n) is 3.87. The van der Waals surface area contributed by atoms with Crippen molar-refractivity contribution < 1.29 is 14.3 Å². The lowest BCUT2D eigenvalue weighted by molar-refractivity contribution is -0.116. The van der Waals surface area contributed by atoms with Gasteiger partial charge in [-0.2, -0.15) is 0 Å². The fraction of sp³-hybridized carbons (Fsp3) is 0.533. The number of nitrogens with two attached hydrogens (primary N) is 1. The number of carbonyl (C=O) groups excluding carboxylic acids is 1. The van der Waals surface area contributed by atoms with Crippen LogP contribution in [0.25, 0.3) is 0 Å². The Labute approximate surface area is 123 Å². The van der Waals surface area contributed by atoms with E-state index >= 15 is 0 Å². The van der Waals surface area contributed by atoms with Crippen LogP contribution < -0.4 is 11.1 Å². The van der Waals surface area contributed by atoms with Crippen molar-refractivity contribution in [2.45, 2.75) is 31.7 Å². The predicted molar refractivity (Wildman–Crippen MR) is 80.4 cm³/mol. The smallest absolute Gasteiger partial charge is 0.225 e. The summed E-state index contributed by atoms with van der Waals surface area (Å²) in [6.07, 6.45) is 3.70. The van der Waals surface area contributed by atoms with Crippen LogP contribution in [0.15, 0.2) is 18.2 Å². The molecule has 1 aliphatic rings. The Hall–Kier alpha value is -1.66. The van der Waals surface area contributed by atoms with Gasteiger partial charge in [-0.25, -0.2) is 4.39 Å². The second-order valence-corrected chi connectivity index (χ2v) is 5.38. The van der Waals surface area contributed by atoms with Crippen LogP contribution in [0.1, 0.15) is 25.7 Å². The molecule has 0 spiro atoms. The van der Waals surface area contributed by atoms with Crippen molar-refractivity contribution >= 4 is 17.3 Å². The van der Waals surface area contributed by atoms with Crippen LogP contribution in [0.2, 0.25) is 0 Å². The highest BCUT2D eigenvalue weighted by atomic mass is 19.1. The molecule has 116 valence electrons. The van der Waals surface area contributed by atoms with Crippen molar-refractivity contribution in [2.24, 2.45) is 0 Å². The fourth-order valence-corrected chi connectivity index (χ4v) is 2.45. The lowest BCUT2D eigenvalue weighted by Gasteiger charge is -2.37. The number of aliphatic hydroxyl groups excluding tert-OH is 1. The summed E-state index contributed by atoms with van der Waals surface area (Å²) >= 11 is 0. The molecule has 0 aromatic heterocycles. The zero-order valence-electron chi connectivity index (χ0n) is 12.0. The van der Waals surface area contributed by atoms with E-state index in [1.54, 1.807) is 0 Å². The van der Waals surface area contributed by atoms with E-state index in [-0.39, 0.29) is 24.6 Å². The van der Waals surface area contributed by atoms with Gasteiger partial charge in [0.1, 0.15) is 5.82 Å². The van der Waals surface area contributed by atoms with E-state index in [1.807, 2.05) is 0 Å². The second kappa shape index (κ2) is 7.38. The largest absolute Gasteiger partial charge is 0.399 e. The number of nitrogen functional groups attached to an aromatic ring is 1. The third kappa shape index (κ3) is 4.41. The van der Waals surface area contributed by atoms with Crippen molar-refractivity contribution in [1.29, 1.82) is 0 Å². The third-order valence-corrected chi connectivity index (χ3v) is 3.87. The molecule has 0 radical (unpaired) electrons. The number of hydrogen-bond acceptors (Lipinski definition) is 4. The average molecular weight is 295 g/mol. The number of nitrogens with zero attached hydrogens (tertiary/aromatic N) is 1. The number of carbonyl (C=O) groups is 1. The topological polar surface area (TPSA) is 78.6 Å². The van der Waals surface area contributed by atoms with Gasteiger partial charge in [0.2, 0.25) is 5.91 Å². The van der Waals surface area contributed by atoms with Crippen LogP contribution >= 0.6 is 0 Å². The highest BCUT2D eigenvalue weighted by molar-refractivity contribution is 5.91. The molecule has 1 aromatic carbocycles. The molecule has 0 atom stereocenters. The summed E-state index contributed by atoms with van der Waals surface area (Å²) in [4.78, 5) is 14.0. The highest BCUT2D eigenvalue weighted by Gasteiger charge is 2.24. The van der Waals surface area contributed by atoms with Crippen LogP contribution in [0.5, 0.6) is 0 Å². The molecule has 4 N–H and O–H groups in total. The average Bonchev–Trinajstić information content (AvgIpc) is 2.38. The molecule has 0 saturated heterocycles. The van der Waals surface area contributed by atoms with Crippen molar-refractivity contribution in [1.82, 2.24) is 4.90 Å². The summed E-state index contributed by atoms with van der Waals surface area (Å²) in [5.41, 5.74) is 6.09. The maximum atomic E-state index is 13.5. The van der Waals surface area contributed by atoms with Gasteiger partial charge in [0.25, 0.3) is 0 Å². The first-order valence-corrected chi connectivity index (χ1v) is 7.30. The number of rotatable bonds is 7. The second-order valence-electron chi connectivity index (χ2n) is 5.38. The minimum absolute atomic E-state index is 0.0853. The van der Waals surface area contributed by atoms with E-state index in [1.165, 1.54) is 24.6 Å². The zero-order chi connectivity index (χ0) is 15.2. The number of nitrogens with one attached hydrogen (secondary N) is 1. The van der Waals surface area contributed by atoms with Crippen LogP contribution in [0, 0.1) is 5.82 Å². The van der Waals surface area contributed by atoms with Crippen molar-refractivity contribution in [3.05, 3.63) is 24.0 Å². The summed E-state index contributed by atoms with van der Waals surface area (Å²) in [7, 11) is 0. The molecule has 0 heterocycles. The highest BCUT2D eigenvalue weighted by Crippen LogP contribution is 2.24. The van der Waals surface area contributed by atoms with Gasteiger partial charge in [0.05, 0.1) is 12.3 Å². The van der Waals surface area contributed by atoms with Crippen molar-refractivity contribution in [3.63, 3.8) is 0 Å². The van der Waals surface area contributed by atoms with Crippen LogP contribution in [0.3, 0.4) is 0 Å². The molecular weight excluding hydrogens is 273 g/mol. The van der Waals surface area contributed by atoms with Gasteiger partial charge in [-0.05, 0) is 31.0 Å². The monoisotopic (exact) mass is 295 g/mol. The summed E-state index contributed by atoms with van der Waals surface area (Å²) < 4.78 is 13.5. The zero-order valence-corrected chi connectivity index (χ0v) is 12.0. The number of aliphatic hydroxyl groups is 1. The van der Waals surface area contributed by atoms with Gasteiger partial charge in [0.15, 0.2) is 0 Å². The van der Waals surface area contributed by atoms with E-state index in [4.69, 9.17) is 10.8 Å². The first-order valence-electron chi connectivity index (χ1n) is 7.30. The summed E-state index contributed by atoms with van der Waals surface area (Å²) in [5, 5.41) is 11.6. The Morgan fingerprint density at radius 3 is 2.81 bits per heavy atom. The number of halogens is 1. The molecular formula is C15H22FN3O2. The van der Waals surface area contributed by atoms with Gasteiger partial charge in [-0.1, -0.05) is 6.42 Å². The molecule has 1 aromatic rings. The first kappa shape index (κ1) is 15.7. The first-order chi connectivity index (χ1) is 10.1. The van der Waals surface area contributed by atoms with Crippen LogP contribution in [-0.2, 0) is 4.79 Å². The van der Waals surface area contributed by atoms with Gasteiger partial charge < -0.3 is 16.2 Å². The molecule has 1 fully saturated rings. The van der Waals surface area contributed by atoms with Crippen LogP contribution in [-0.4, -0.2) is 41.7 Å². The molecule has 5 nitrogen and oxygen atoms in total. The molecule has 1 amide bonds. The van der Waals surface area contributed by atoms with Gasteiger partial charge in [-0.3, -0.25) is 9.69 Å². The molecule has 21 heavy (non-hydrogen) atoms. The van der Waals surface area contributed by atoms with Crippen molar-refractivity contribution in [2.75, 3.05) is 30.7 Å². The van der Waals surface area contributed by atoms with E-state index in [0.29, 0.717) is 24.8 Å². The van der Waals surface area contributed by atoms with Gasteiger partial charge >= 0.3 is 0 Å². The minimum Gasteiger partial charge on any atom is -0.399 e. The molecule has 1 saturated carbocycles. The quantitative estimate of drug-likeness (QED) is 0.667. The SMILES string of the molecule is Nc1ccc(F)c(NC(=O)CCN(CCO)C2CCC2)c1. The fourth-order valence-electron chi connectivity index (χ4n) is 2.45. The molecule has 2 rings (SSSR count). The Morgan fingerprint density at radius 2 is 2.19 bits per heavy atom.